The summed E-state index contributed by atoms with van der Waals surface area (Å²) in [5.74, 6) is 0.641. The van der Waals surface area contributed by atoms with Crippen LogP contribution in [0, 0.1) is 5.92 Å². The fourth-order valence-corrected chi connectivity index (χ4v) is 3.78. The molecule has 1 unspecified atom stereocenters. The van der Waals surface area contributed by atoms with Gasteiger partial charge >= 0.3 is 0 Å². The van der Waals surface area contributed by atoms with Crippen molar-refractivity contribution in [2.45, 2.75) is 73.1 Å². The summed E-state index contributed by atoms with van der Waals surface area (Å²) in [5, 5.41) is 0. The molecule has 0 aromatic rings. The maximum Gasteiger partial charge on any atom is 0.00689 e. The monoisotopic (exact) mass is 298 g/mol. The van der Waals surface area contributed by atoms with Crippen molar-refractivity contribution in [3.63, 3.8) is 0 Å². The first kappa shape index (κ1) is 18.7. The summed E-state index contributed by atoms with van der Waals surface area (Å²) in [6, 6.07) is 0. The van der Waals surface area contributed by atoms with Gasteiger partial charge in [0.2, 0.25) is 0 Å². The van der Waals surface area contributed by atoms with Crippen LogP contribution in [0.2, 0.25) is 0 Å². The maximum absolute atomic E-state index is 4.12. The van der Waals surface area contributed by atoms with E-state index in [4.69, 9.17) is 0 Å². The molecular weight excluding hydrogens is 264 g/mol. The Bertz CT molecular complexity index is 494. The van der Waals surface area contributed by atoms with Gasteiger partial charge in [-0.1, -0.05) is 77.5 Å². The number of hydrogen-bond acceptors (Lipinski definition) is 0. The van der Waals surface area contributed by atoms with E-state index in [9.17, 15) is 0 Å². The Morgan fingerprint density at radius 1 is 1.23 bits per heavy atom. The summed E-state index contributed by atoms with van der Waals surface area (Å²) in [7, 11) is 0. The summed E-state index contributed by atoms with van der Waals surface area (Å²) >= 11 is 0. The van der Waals surface area contributed by atoms with Crippen LogP contribution in [-0.4, -0.2) is 0 Å². The molecule has 0 saturated carbocycles. The van der Waals surface area contributed by atoms with Crippen molar-refractivity contribution in [1.29, 1.82) is 0 Å². The summed E-state index contributed by atoms with van der Waals surface area (Å²) in [6.07, 6.45) is 16.3. The molecule has 0 fully saturated rings. The third-order valence-corrected chi connectivity index (χ3v) is 4.51. The van der Waals surface area contributed by atoms with Crippen molar-refractivity contribution in [2.24, 2.45) is 5.92 Å². The van der Waals surface area contributed by atoms with Crippen molar-refractivity contribution < 1.29 is 0 Å². The lowest BCUT2D eigenvalue weighted by Gasteiger charge is -2.18. The molecule has 0 N–H and O–H groups in total. The Labute approximate surface area is 138 Å². The third kappa shape index (κ3) is 3.72. The van der Waals surface area contributed by atoms with Crippen LogP contribution < -0.4 is 0 Å². The van der Waals surface area contributed by atoms with Crippen molar-refractivity contribution in [3.05, 3.63) is 58.7 Å². The van der Waals surface area contributed by atoms with Gasteiger partial charge < -0.3 is 0 Å². The van der Waals surface area contributed by atoms with Gasteiger partial charge in [0.25, 0.3) is 0 Å². The zero-order valence-corrected chi connectivity index (χ0v) is 15.3. The Morgan fingerprint density at radius 2 is 1.95 bits per heavy atom. The third-order valence-electron chi connectivity index (χ3n) is 4.51. The Balaban J connectivity index is 0.00000116. The van der Waals surface area contributed by atoms with Crippen LogP contribution in [0.5, 0.6) is 0 Å². The van der Waals surface area contributed by atoms with E-state index in [0.29, 0.717) is 5.92 Å². The first-order valence-corrected chi connectivity index (χ1v) is 9.24. The van der Waals surface area contributed by atoms with Crippen LogP contribution in [0.25, 0.3) is 0 Å². The van der Waals surface area contributed by atoms with Gasteiger partial charge in [-0.15, -0.1) is 0 Å². The zero-order valence-electron chi connectivity index (χ0n) is 15.3. The minimum atomic E-state index is 0.641. The SMILES string of the molecule is C=CC1=C2/C(=C\CC)C=CCCC2C(CC)=C1CCC.CC. The standard InChI is InChI=1S/C20H28.C2H6/c1-5-11-15-13-9-10-14-19-16(7-3)18(12-6-2)17(8-4)20(15)19;1-2/h8-9,11,13,19H,4-7,10,12,14H2,1-3H3;1-2H3/b15-11-;. The van der Waals surface area contributed by atoms with Crippen LogP contribution in [-0.2, 0) is 0 Å². The zero-order chi connectivity index (χ0) is 16.5. The van der Waals surface area contributed by atoms with Gasteiger partial charge in [-0.3, -0.25) is 0 Å². The number of fused-ring (bicyclic) bond motifs is 1. The van der Waals surface area contributed by atoms with Gasteiger partial charge in [0.15, 0.2) is 0 Å². The molecule has 0 saturated heterocycles. The second-order valence-electron chi connectivity index (χ2n) is 5.74. The molecule has 22 heavy (non-hydrogen) atoms. The average Bonchev–Trinajstić information content (AvgIpc) is 2.70. The minimum absolute atomic E-state index is 0.641. The summed E-state index contributed by atoms with van der Waals surface area (Å²) in [5.41, 5.74) is 7.74. The summed E-state index contributed by atoms with van der Waals surface area (Å²) < 4.78 is 0. The van der Waals surface area contributed by atoms with Gasteiger partial charge in [-0.25, -0.2) is 0 Å². The van der Waals surface area contributed by atoms with E-state index in [1.807, 2.05) is 13.8 Å². The largest absolute Gasteiger partial charge is 0.0984 e. The lowest BCUT2D eigenvalue weighted by molar-refractivity contribution is 0.648. The normalized spacial score (nSPS) is 22.4. The van der Waals surface area contributed by atoms with E-state index in [0.717, 1.165) is 6.42 Å². The lowest BCUT2D eigenvalue weighted by atomic mass is 9.86. The van der Waals surface area contributed by atoms with Gasteiger partial charge in [-0.05, 0) is 54.4 Å². The Hall–Kier alpha value is -1.30. The number of rotatable bonds is 5. The van der Waals surface area contributed by atoms with E-state index < -0.39 is 0 Å². The van der Waals surface area contributed by atoms with Crippen molar-refractivity contribution in [2.75, 3.05) is 0 Å². The van der Waals surface area contributed by atoms with E-state index in [2.05, 4.69) is 51.7 Å². The molecule has 2 aliphatic rings. The Kier molecular flexibility index (Phi) is 8.24. The predicted molar refractivity (Wildman–Crippen MR) is 101 cm³/mol. The Morgan fingerprint density at radius 3 is 2.50 bits per heavy atom. The molecule has 122 valence electrons. The number of allylic oxidation sites excluding steroid dienone is 9. The van der Waals surface area contributed by atoms with Gasteiger partial charge in [0, 0.05) is 5.92 Å². The molecule has 2 rings (SSSR count). The molecule has 0 heteroatoms. The van der Waals surface area contributed by atoms with Crippen LogP contribution in [0.1, 0.15) is 73.1 Å². The predicted octanol–water partition coefficient (Wildman–Crippen LogP) is 7.32. The highest BCUT2D eigenvalue weighted by molar-refractivity contribution is 5.63. The molecule has 0 nitrogen and oxygen atoms in total. The van der Waals surface area contributed by atoms with E-state index >= 15 is 0 Å². The van der Waals surface area contributed by atoms with Crippen LogP contribution in [0.4, 0.5) is 0 Å². The molecule has 0 amide bonds. The van der Waals surface area contributed by atoms with Crippen molar-refractivity contribution in [3.8, 4) is 0 Å². The lowest BCUT2D eigenvalue weighted by Crippen LogP contribution is -2.04. The van der Waals surface area contributed by atoms with Crippen LogP contribution in [0.15, 0.2) is 58.7 Å². The molecule has 0 spiro atoms. The van der Waals surface area contributed by atoms with Crippen LogP contribution in [0.3, 0.4) is 0 Å². The van der Waals surface area contributed by atoms with Crippen molar-refractivity contribution >= 4 is 0 Å². The first-order chi connectivity index (χ1) is 10.8. The quantitative estimate of drug-likeness (QED) is 0.499. The molecule has 0 heterocycles. The van der Waals surface area contributed by atoms with Gasteiger partial charge in [0.1, 0.15) is 0 Å². The van der Waals surface area contributed by atoms with E-state index in [-0.39, 0.29) is 0 Å². The fraction of sp³-hybridized carbons (Fsp3) is 0.545. The molecule has 0 aromatic heterocycles. The highest BCUT2D eigenvalue weighted by Crippen LogP contribution is 2.47. The summed E-state index contributed by atoms with van der Waals surface area (Å²) in [4.78, 5) is 0. The second kappa shape index (κ2) is 9.66. The number of hydrogen-bond donors (Lipinski definition) is 0. The second-order valence-corrected chi connectivity index (χ2v) is 5.74. The molecule has 2 aliphatic carbocycles. The molecular formula is C22H34. The molecule has 0 bridgehead atoms. The molecule has 1 atom stereocenters. The first-order valence-electron chi connectivity index (χ1n) is 9.24. The fourth-order valence-electron chi connectivity index (χ4n) is 3.78. The minimum Gasteiger partial charge on any atom is -0.0984 e. The van der Waals surface area contributed by atoms with E-state index in [1.54, 1.807) is 16.7 Å². The topological polar surface area (TPSA) is 0 Å². The summed E-state index contributed by atoms with van der Waals surface area (Å²) in [6.45, 7) is 14.9. The molecule has 0 aliphatic heterocycles. The van der Waals surface area contributed by atoms with Crippen LogP contribution >= 0.6 is 0 Å². The van der Waals surface area contributed by atoms with Gasteiger partial charge in [-0.2, -0.15) is 0 Å². The highest BCUT2D eigenvalue weighted by Gasteiger charge is 2.32. The molecule has 0 aromatic carbocycles. The highest BCUT2D eigenvalue weighted by atomic mass is 14.4. The van der Waals surface area contributed by atoms with E-state index in [1.165, 1.54) is 43.3 Å². The smallest absolute Gasteiger partial charge is 0.00689 e. The average molecular weight is 299 g/mol. The molecule has 0 radical (unpaired) electrons. The van der Waals surface area contributed by atoms with Crippen molar-refractivity contribution in [1.82, 2.24) is 0 Å². The van der Waals surface area contributed by atoms with Gasteiger partial charge in [0.05, 0.1) is 0 Å². The maximum atomic E-state index is 4.12.